The normalized spacial score (nSPS) is 14.4. The van der Waals surface area contributed by atoms with Crippen LogP contribution in [0.15, 0.2) is 30.3 Å². The number of benzene rings is 1. The van der Waals surface area contributed by atoms with Crippen molar-refractivity contribution < 1.29 is 9.59 Å². The molecule has 3 rings (SSSR count). The molecular formula is C20H25N5O2. The molecule has 1 aliphatic rings. The van der Waals surface area contributed by atoms with E-state index in [0.29, 0.717) is 11.6 Å². The minimum atomic E-state index is -0.116. The molecule has 0 radical (unpaired) electrons. The van der Waals surface area contributed by atoms with Crippen LogP contribution < -0.4 is 10.6 Å². The lowest BCUT2D eigenvalue weighted by Crippen LogP contribution is -2.32. The summed E-state index contributed by atoms with van der Waals surface area (Å²) in [6, 6.07) is 8.98. The van der Waals surface area contributed by atoms with Crippen LogP contribution in [0.2, 0.25) is 0 Å². The number of aromatic nitrogens is 2. The Bertz CT molecular complexity index is 812. The highest BCUT2D eigenvalue weighted by Gasteiger charge is 2.19. The zero-order valence-corrected chi connectivity index (χ0v) is 15.8. The van der Waals surface area contributed by atoms with E-state index in [1.54, 1.807) is 18.2 Å². The van der Waals surface area contributed by atoms with Crippen LogP contribution in [0.4, 0.5) is 17.3 Å². The lowest BCUT2D eigenvalue weighted by molar-refractivity contribution is -0.114. The number of anilines is 3. The first kappa shape index (κ1) is 18.8. The molecule has 1 aromatic heterocycles. The number of rotatable bonds is 4. The van der Waals surface area contributed by atoms with Gasteiger partial charge in [0.2, 0.25) is 11.9 Å². The molecule has 1 saturated heterocycles. The number of amides is 2. The number of aryl methyl sites for hydroxylation is 1. The van der Waals surface area contributed by atoms with Crippen LogP contribution in [-0.4, -0.2) is 39.8 Å². The minimum absolute atomic E-state index is 0.0357. The zero-order chi connectivity index (χ0) is 19.2. The average molecular weight is 367 g/mol. The number of hydrogen-bond acceptors (Lipinski definition) is 5. The molecule has 7 nitrogen and oxygen atoms in total. The Balaban J connectivity index is 1.74. The van der Waals surface area contributed by atoms with E-state index in [4.69, 9.17) is 0 Å². The van der Waals surface area contributed by atoms with Gasteiger partial charge in [0.25, 0.3) is 5.91 Å². The molecule has 2 N–H and O–H groups in total. The van der Waals surface area contributed by atoms with E-state index < -0.39 is 0 Å². The molecule has 2 amide bonds. The van der Waals surface area contributed by atoms with Crippen molar-refractivity contribution >= 4 is 29.1 Å². The van der Waals surface area contributed by atoms with Gasteiger partial charge in [0, 0.05) is 37.1 Å². The van der Waals surface area contributed by atoms with E-state index in [-0.39, 0.29) is 11.8 Å². The maximum absolute atomic E-state index is 12.8. The summed E-state index contributed by atoms with van der Waals surface area (Å²) in [5.74, 6) is 0.237. The van der Waals surface area contributed by atoms with Crippen molar-refractivity contribution in [3.63, 3.8) is 0 Å². The van der Waals surface area contributed by atoms with Crippen LogP contribution in [-0.2, 0) is 4.79 Å². The maximum Gasteiger partial charge on any atom is 0.272 e. The van der Waals surface area contributed by atoms with Gasteiger partial charge in [-0.1, -0.05) is 12.8 Å². The van der Waals surface area contributed by atoms with Gasteiger partial charge in [-0.05, 0) is 50.1 Å². The van der Waals surface area contributed by atoms with Crippen molar-refractivity contribution in [3.8, 4) is 0 Å². The summed E-state index contributed by atoms with van der Waals surface area (Å²) in [5.41, 5.74) is 2.65. The quantitative estimate of drug-likeness (QED) is 0.863. The third-order valence-corrected chi connectivity index (χ3v) is 4.43. The summed E-state index contributed by atoms with van der Waals surface area (Å²) in [6.45, 7) is 4.89. The Kier molecular flexibility index (Phi) is 6.01. The largest absolute Gasteiger partial charge is 0.337 e. The summed E-state index contributed by atoms with van der Waals surface area (Å²) in [4.78, 5) is 34.6. The lowest BCUT2D eigenvalue weighted by Gasteiger charge is -2.20. The Labute approximate surface area is 159 Å². The highest BCUT2D eigenvalue weighted by atomic mass is 16.2. The molecule has 0 unspecified atom stereocenters. The van der Waals surface area contributed by atoms with Crippen LogP contribution in [0, 0.1) is 6.92 Å². The third-order valence-electron chi connectivity index (χ3n) is 4.43. The van der Waals surface area contributed by atoms with Crippen molar-refractivity contribution in [1.29, 1.82) is 0 Å². The van der Waals surface area contributed by atoms with Crippen molar-refractivity contribution in [2.24, 2.45) is 0 Å². The molecule has 27 heavy (non-hydrogen) atoms. The highest BCUT2D eigenvalue weighted by Crippen LogP contribution is 2.18. The number of hydrogen-bond donors (Lipinski definition) is 2. The topological polar surface area (TPSA) is 87.2 Å². The van der Waals surface area contributed by atoms with Gasteiger partial charge in [-0.15, -0.1) is 0 Å². The number of likely N-dealkylation sites (tertiary alicyclic amines) is 1. The number of carbonyl (C=O) groups is 2. The van der Waals surface area contributed by atoms with Gasteiger partial charge in [0.1, 0.15) is 5.69 Å². The van der Waals surface area contributed by atoms with E-state index in [2.05, 4.69) is 20.6 Å². The molecule has 142 valence electrons. The summed E-state index contributed by atoms with van der Waals surface area (Å²) in [7, 11) is 0. The van der Waals surface area contributed by atoms with Crippen molar-refractivity contribution in [2.75, 3.05) is 23.7 Å². The van der Waals surface area contributed by atoms with Gasteiger partial charge in [-0.3, -0.25) is 9.59 Å². The summed E-state index contributed by atoms with van der Waals surface area (Å²) in [6.07, 6.45) is 4.44. The summed E-state index contributed by atoms with van der Waals surface area (Å²) < 4.78 is 0. The molecular weight excluding hydrogens is 342 g/mol. The molecule has 2 heterocycles. The fourth-order valence-electron chi connectivity index (χ4n) is 3.14. The molecule has 0 atom stereocenters. The SMILES string of the molecule is CC(=O)Nc1ccc(Nc2nc(C)cc(C(=O)N3CCCCCC3)n2)cc1. The van der Waals surface area contributed by atoms with Crippen molar-refractivity contribution in [3.05, 3.63) is 41.7 Å². The molecule has 0 saturated carbocycles. The fourth-order valence-corrected chi connectivity index (χ4v) is 3.14. The molecule has 2 aromatic rings. The number of carbonyl (C=O) groups excluding carboxylic acids is 2. The number of nitrogens with one attached hydrogen (secondary N) is 2. The zero-order valence-electron chi connectivity index (χ0n) is 15.8. The van der Waals surface area contributed by atoms with Crippen molar-refractivity contribution in [2.45, 2.75) is 39.5 Å². The van der Waals surface area contributed by atoms with E-state index in [1.165, 1.54) is 19.8 Å². The highest BCUT2D eigenvalue weighted by molar-refractivity contribution is 5.93. The Morgan fingerprint density at radius 3 is 2.22 bits per heavy atom. The standard InChI is InChI=1S/C20H25N5O2/c1-14-13-18(19(27)25-11-5-3-4-6-12-25)24-20(21-14)23-17-9-7-16(8-10-17)22-15(2)26/h7-10,13H,3-6,11-12H2,1-2H3,(H,22,26)(H,21,23,24). The second-order valence-electron chi connectivity index (χ2n) is 6.81. The molecule has 7 heteroatoms. The summed E-state index contributed by atoms with van der Waals surface area (Å²) >= 11 is 0. The van der Waals surface area contributed by atoms with E-state index in [0.717, 1.165) is 43.0 Å². The molecule has 1 aromatic carbocycles. The predicted molar refractivity (Wildman–Crippen MR) is 105 cm³/mol. The van der Waals surface area contributed by atoms with E-state index in [1.807, 2.05) is 24.0 Å². The smallest absolute Gasteiger partial charge is 0.272 e. The first-order valence-corrected chi connectivity index (χ1v) is 9.31. The second kappa shape index (κ2) is 8.62. The maximum atomic E-state index is 12.8. The first-order valence-electron chi connectivity index (χ1n) is 9.31. The van der Waals surface area contributed by atoms with Crippen LogP contribution >= 0.6 is 0 Å². The van der Waals surface area contributed by atoms with Gasteiger partial charge in [0.05, 0.1) is 0 Å². The van der Waals surface area contributed by atoms with Gasteiger partial charge in [-0.25, -0.2) is 9.97 Å². The third kappa shape index (κ3) is 5.26. The summed E-state index contributed by atoms with van der Waals surface area (Å²) in [5, 5.41) is 5.85. The van der Waals surface area contributed by atoms with Gasteiger partial charge in [0.15, 0.2) is 0 Å². The monoisotopic (exact) mass is 367 g/mol. The van der Waals surface area contributed by atoms with E-state index in [9.17, 15) is 9.59 Å². The first-order chi connectivity index (χ1) is 13.0. The van der Waals surface area contributed by atoms with Crippen LogP contribution in [0.25, 0.3) is 0 Å². The van der Waals surface area contributed by atoms with Crippen LogP contribution in [0.3, 0.4) is 0 Å². The van der Waals surface area contributed by atoms with Gasteiger partial charge < -0.3 is 15.5 Å². The van der Waals surface area contributed by atoms with Crippen LogP contribution in [0.5, 0.6) is 0 Å². The molecule has 0 spiro atoms. The average Bonchev–Trinajstić information content (AvgIpc) is 2.91. The van der Waals surface area contributed by atoms with Gasteiger partial charge in [-0.2, -0.15) is 0 Å². The van der Waals surface area contributed by atoms with Gasteiger partial charge >= 0.3 is 0 Å². The molecule has 0 bridgehead atoms. The Hall–Kier alpha value is -2.96. The minimum Gasteiger partial charge on any atom is -0.337 e. The molecule has 0 aliphatic carbocycles. The second-order valence-corrected chi connectivity index (χ2v) is 6.81. The predicted octanol–water partition coefficient (Wildman–Crippen LogP) is 3.50. The Morgan fingerprint density at radius 2 is 1.59 bits per heavy atom. The lowest BCUT2D eigenvalue weighted by atomic mass is 10.2. The number of nitrogens with zero attached hydrogens (tertiary/aromatic N) is 3. The molecule has 1 fully saturated rings. The Morgan fingerprint density at radius 1 is 0.963 bits per heavy atom. The van der Waals surface area contributed by atoms with Crippen LogP contribution in [0.1, 0.15) is 48.8 Å². The fraction of sp³-hybridized carbons (Fsp3) is 0.400. The van der Waals surface area contributed by atoms with E-state index >= 15 is 0 Å². The van der Waals surface area contributed by atoms with Crippen molar-refractivity contribution in [1.82, 2.24) is 14.9 Å². The molecule has 1 aliphatic heterocycles.